The number of rotatable bonds is 17. The van der Waals surface area contributed by atoms with E-state index in [4.69, 9.17) is 10.1 Å². The first-order valence-corrected chi connectivity index (χ1v) is 17.1. The highest BCUT2D eigenvalue weighted by molar-refractivity contribution is 5.80. The Morgan fingerprint density at radius 1 is 1.00 bits per heavy atom. The normalized spacial score (nSPS) is 13.7. The number of unbranched alkanes of at least 4 members (excludes halogenated alkanes) is 1. The van der Waals surface area contributed by atoms with Crippen molar-refractivity contribution >= 4 is 34.8 Å². The monoisotopic (exact) mass is 647 g/mol. The van der Waals surface area contributed by atoms with Gasteiger partial charge in [-0.3, -0.25) is 14.8 Å². The fraction of sp³-hybridized carbons (Fsp3) is 0.368. The van der Waals surface area contributed by atoms with E-state index in [0.717, 1.165) is 117 Å². The molecule has 0 aliphatic carbocycles. The summed E-state index contributed by atoms with van der Waals surface area (Å²) in [5.41, 5.74) is 10.6. The fourth-order valence-corrected chi connectivity index (χ4v) is 6.27. The van der Waals surface area contributed by atoms with E-state index >= 15 is 0 Å². The van der Waals surface area contributed by atoms with Crippen LogP contribution in [0.1, 0.15) is 42.5 Å². The molecule has 0 radical (unpaired) electrons. The summed E-state index contributed by atoms with van der Waals surface area (Å²) >= 11 is 0. The van der Waals surface area contributed by atoms with Crippen molar-refractivity contribution in [1.82, 2.24) is 30.0 Å². The number of allylic oxidation sites excluding steroid dienone is 1. The quantitative estimate of drug-likeness (QED) is 0.0586. The molecule has 2 aromatic heterocycles. The van der Waals surface area contributed by atoms with Gasteiger partial charge in [0, 0.05) is 69.0 Å². The molecule has 1 aliphatic rings. The Morgan fingerprint density at radius 2 is 1.85 bits per heavy atom. The first-order valence-electron chi connectivity index (χ1n) is 17.1. The summed E-state index contributed by atoms with van der Waals surface area (Å²) in [6.07, 6.45) is 7.15. The smallest absolute Gasteiger partial charge is 0.138 e. The third-order valence-electron chi connectivity index (χ3n) is 9.16. The van der Waals surface area contributed by atoms with Crippen molar-refractivity contribution < 1.29 is 5.11 Å². The largest absolute Gasteiger partial charge is 0.390 e. The first-order chi connectivity index (χ1) is 23.5. The predicted octanol–water partition coefficient (Wildman–Crippen LogP) is 6.45. The molecule has 48 heavy (non-hydrogen) atoms. The summed E-state index contributed by atoms with van der Waals surface area (Å²) in [6.45, 7) is 14.7. The highest BCUT2D eigenvalue weighted by Crippen LogP contribution is 2.31. The highest BCUT2D eigenvalue weighted by atomic mass is 16.3. The summed E-state index contributed by atoms with van der Waals surface area (Å²) in [6, 6.07) is 21.5. The minimum absolute atomic E-state index is 0.0689. The molecular formula is C38H49N9O. The van der Waals surface area contributed by atoms with Gasteiger partial charge in [0.25, 0.3) is 0 Å². The molecule has 3 heterocycles. The number of anilines is 2. The molecule has 5 aromatic rings. The molecule has 0 amide bonds. The van der Waals surface area contributed by atoms with Gasteiger partial charge >= 0.3 is 0 Å². The van der Waals surface area contributed by atoms with Crippen LogP contribution in [0.25, 0.3) is 22.4 Å². The van der Waals surface area contributed by atoms with Crippen LogP contribution < -0.4 is 15.5 Å². The van der Waals surface area contributed by atoms with E-state index < -0.39 is 0 Å². The Balaban J connectivity index is 0.988. The molecule has 0 bridgehead atoms. The number of aromatic amines is 2. The van der Waals surface area contributed by atoms with Gasteiger partial charge in [0.15, 0.2) is 0 Å². The topological polar surface area (TPSA) is 113 Å². The summed E-state index contributed by atoms with van der Waals surface area (Å²) in [5, 5.41) is 19.2. The number of aromatic nitrogens is 4. The molecule has 10 heteroatoms. The summed E-state index contributed by atoms with van der Waals surface area (Å²) in [4.78, 5) is 17.5. The average Bonchev–Trinajstić information content (AvgIpc) is 3.52. The minimum atomic E-state index is 0.0689. The van der Waals surface area contributed by atoms with Gasteiger partial charge in [-0.05, 0) is 93.4 Å². The molecule has 0 atom stereocenters. The lowest BCUT2D eigenvalue weighted by atomic mass is 10.0. The first kappa shape index (κ1) is 33.1. The van der Waals surface area contributed by atoms with Gasteiger partial charge in [-0.1, -0.05) is 30.8 Å². The van der Waals surface area contributed by atoms with Gasteiger partial charge < -0.3 is 30.5 Å². The minimum Gasteiger partial charge on any atom is -0.390 e. The van der Waals surface area contributed by atoms with Crippen LogP contribution in [0, 0.1) is 0 Å². The second-order valence-corrected chi connectivity index (χ2v) is 12.8. The number of hydrogen-bond donors (Lipinski definition) is 5. The number of H-pyrrole nitrogens is 2. The molecule has 1 aliphatic heterocycles. The zero-order chi connectivity index (χ0) is 33.3. The van der Waals surface area contributed by atoms with E-state index in [1.54, 1.807) is 0 Å². The molecule has 252 valence electrons. The zero-order valence-corrected chi connectivity index (χ0v) is 28.1. The van der Waals surface area contributed by atoms with Crippen molar-refractivity contribution in [1.29, 1.82) is 0 Å². The second-order valence-electron chi connectivity index (χ2n) is 12.8. The molecule has 5 N–H and O–H groups in total. The third-order valence-corrected chi connectivity index (χ3v) is 9.16. The van der Waals surface area contributed by atoms with Crippen LogP contribution >= 0.6 is 0 Å². The molecule has 0 saturated carbocycles. The number of aryl methyl sites for hydroxylation is 2. The number of aliphatic imine (C=N–C) groups is 1. The molecular weight excluding hydrogens is 598 g/mol. The van der Waals surface area contributed by atoms with Crippen LogP contribution in [-0.2, 0) is 26.1 Å². The summed E-state index contributed by atoms with van der Waals surface area (Å²) < 4.78 is 2.00. The van der Waals surface area contributed by atoms with Crippen molar-refractivity contribution in [2.24, 2.45) is 4.99 Å². The molecule has 0 unspecified atom stereocenters. The lowest BCUT2D eigenvalue weighted by Gasteiger charge is -2.34. The van der Waals surface area contributed by atoms with Gasteiger partial charge in [-0.25, -0.2) is 4.98 Å². The molecule has 10 nitrogen and oxygen atoms in total. The number of nitrogens with one attached hydrogen (secondary N) is 4. The van der Waals surface area contributed by atoms with Crippen molar-refractivity contribution in [3.05, 3.63) is 96.0 Å². The number of aliphatic hydroxyl groups is 1. The maximum absolute atomic E-state index is 9.02. The van der Waals surface area contributed by atoms with Gasteiger partial charge in [-0.2, -0.15) is 0 Å². The molecule has 0 spiro atoms. The lowest BCUT2D eigenvalue weighted by Crippen LogP contribution is -2.44. The predicted molar refractivity (Wildman–Crippen MR) is 198 cm³/mol. The number of hydrogen-bond acceptors (Lipinski definition) is 7. The van der Waals surface area contributed by atoms with E-state index in [9.17, 15) is 0 Å². The standard InChI is InChI=1S/C38H49N9O/c1-28(40-16-7-17-47-26-32(27-48)44-47)8-4-5-9-29-10-6-11-31(22-29)38-42-35-14-12-30(23-37(35)43-38)25-41-36-24-33(13-15-34(36)39-2)46-20-18-45(3)19-21-46/h6,10-15,22-24,26,40-41,44,48H,1-2,4-5,7-9,16-21,25,27H2,3H3,(H,42,43). The molecule has 6 rings (SSSR count). The average molecular weight is 648 g/mol. The number of nitrogens with zero attached hydrogens (tertiary/aromatic N) is 5. The highest BCUT2D eigenvalue weighted by Gasteiger charge is 2.16. The van der Waals surface area contributed by atoms with Crippen LogP contribution in [0.3, 0.4) is 0 Å². The van der Waals surface area contributed by atoms with E-state index in [1.165, 1.54) is 16.8 Å². The van der Waals surface area contributed by atoms with Crippen molar-refractivity contribution in [3.8, 4) is 11.4 Å². The number of piperazine rings is 1. The van der Waals surface area contributed by atoms with Crippen LogP contribution in [0.15, 0.2) is 84.1 Å². The van der Waals surface area contributed by atoms with Crippen LogP contribution in [0.5, 0.6) is 0 Å². The Bertz CT molecular complexity index is 1800. The van der Waals surface area contributed by atoms with Crippen molar-refractivity contribution in [2.45, 2.75) is 51.8 Å². The number of aliphatic hydroxyl groups excluding tert-OH is 1. The van der Waals surface area contributed by atoms with Crippen LogP contribution in [0.2, 0.25) is 0 Å². The fourth-order valence-electron chi connectivity index (χ4n) is 6.27. The molecule has 3 aromatic carbocycles. The van der Waals surface area contributed by atoms with Crippen molar-refractivity contribution in [3.63, 3.8) is 0 Å². The van der Waals surface area contributed by atoms with Gasteiger partial charge in [0.05, 0.1) is 34.7 Å². The summed E-state index contributed by atoms with van der Waals surface area (Å²) in [5.74, 6) is 0.893. The number of fused-ring (bicyclic) bond motifs is 1. The van der Waals surface area contributed by atoms with E-state index in [0.29, 0.717) is 6.54 Å². The van der Waals surface area contributed by atoms with Gasteiger partial charge in [-0.15, -0.1) is 0 Å². The van der Waals surface area contributed by atoms with Gasteiger partial charge in [0.1, 0.15) is 5.82 Å². The SMILES string of the molecule is C=Nc1ccc(N2CCN(C)CC2)cc1NCc1ccc2nc(-c3cccc(CCCCC(=C)NCCCn4cc(CO)[nH]4)c3)[nH]c2c1. The van der Waals surface area contributed by atoms with Crippen molar-refractivity contribution in [2.75, 3.05) is 50.0 Å². The zero-order valence-electron chi connectivity index (χ0n) is 28.1. The maximum atomic E-state index is 9.02. The number of imidazole rings is 1. The molecule has 1 saturated heterocycles. The van der Waals surface area contributed by atoms with Crippen LogP contribution in [-0.4, -0.2) is 76.2 Å². The Hall–Kier alpha value is -4.80. The van der Waals surface area contributed by atoms with Crippen LogP contribution in [0.4, 0.5) is 17.1 Å². The number of benzene rings is 3. The van der Waals surface area contributed by atoms with E-state index in [1.807, 2.05) is 10.9 Å². The third kappa shape index (κ3) is 8.56. The van der Waals surface area contributed by atoms with E-state index in [2.05, 4.69) is 117 Å². The Morgan fingerprint density at radius 3 is 2.67 bits per heavy atom. The molecule has 1 fully saturated rings. The second kappa shape index (κ2) is 15.9. The summed E-state index contributed by atoms with van der Waals surface area (Å²) in [7, 11) is 2.18. The Labute approximate surface area is 283 Å². The van der Waals surface area contributed by atoms with E-state index in [-0.39, 0.29) is 6.61 Å². The lowest BCUT2D eigenvalue weighted by molar-refractivity contribution is 0.264. The Kier molecular flexibility index (Phi) is 10.9. The maximum Gasteiger partial charge on any atom is 0.138 e. The number of likely N-dealkylation sites (N-methyl/N-ethyl adjacent to an activating group) is 1. The van der Waals surface area contributed by atoms with Gasteiger partial charge in [0.2, 0.25) is 0 Å².